The van der Waals surface area contributed by atoms with E-state index >= 15 is 0 Å². The molecule has 0 atom stereocenters. The lowest BCUT2D eigenvalue weighted by molar-refractivity contribution is 0.482. The molecule has 0 radical (unpaired) electrons. The predicted molar refractivity (Wildman–Crippen MR) is 136 cm³/mol. The third-order valence-corrected chi connectivity index (χ3v) is 5.49. The third kappa shape index (κ3) is 4.37. The van der Waals surface area contributed by atoms with Gasteiger partial charge >= 0.3 is 0 Å². The summed E-state index contributed by atoms with van der Waals surface area (Å²) < 4.78 is 0. The number of rotatable bonds is 5. The number of aromatic nitrogens is 3. The van der Waals surface area contributed by atoms with Gasteiger partial charge in [0.2, 0.25) is 11.2 Å². The minimum atomic E-state index is -0.108. The van der Waals surface area contributed by atoms with Gasteiger partial charge in [-0.05, 0) is 78.7 Å². The van der Waals surface area contributed by atoms with Crippen molar-refractivity contribution >= 4 is 70.3 Å². The Balaban J connectivity index is 1.74. The topological polar surface area (TPSA) is 158 Å². The SMILES string of the molecule is Bc1nc(Cl)nc(Nc2ccc(C)c(/N=N/c3c(C)cc4cc(C)c(N=N)c(N)c4c3O)c2)n1. The van der Waals surface area contributed by atoms with Gasteiger partial charge in [-0.2, -0.15) is 15.2 Å². The molecule has 4 aromatic rings. The quantitative estimate of drug-likeness (QED) is 0.182. The molecule has 0 bridgehead atoms. The average molecular weight is 474 g/mol. The number of anilines is 3. The molecule has 0 fully saturated rings. The minimum Gasteiger partial charge on any atom is -0.505 e. The number of nitrogens with two attached hydrogens (primary N) is 1. The molecular weight excluding hydrogens is 453 g/mol. The van der Waals surface area contributed by atoms with Gasteiger partial charge < -0.3 is 16.2 Å². The van der Waals surface area contributed by atoms with Crippen LogP contribution in [0.3, 0.4) is 0 Å². The highest BCUT2D eigenvalue weighted by molar-refractivity contribution is 6.32. The van der Waals surface area contributed by atoms with Crippen molar-refractivity contribution in [2.45, 2.75) is 20.8 Å². The number of nitrogens with zero attached hydrogens (tertiary/aromatic N) is 6. The molecule has 0 saturated carbocycles. The van der Waals surface area contributed by atoms with E-state index in [1.54, 1.807) is 13.9 Å². The van der Waals surface area contributed by atoms with Gasteiger partial charge in [-0.1, -0.05) is 6.07 Å². The first kappa shape index (κ1) is 23.1. The zero-order valence-corrected chi connectivity index (χ0v) is 19.7. The fourth-order valence-corrected chi connectivity index (χ4v) is 3.85. The van der Waals surface area contributed by atoms with Crippen LogP contribution in [0, 0.1) is 26.3 Å². The van der Waals surface area contributed by atoms with Gasteiger partial charge in [-0.15, -0.1) is 5.11 Å². The number of aromatic hydroxyl groups is 1. The molecule has 10 nitrogen and oxygen atoms in total. The minimum absolute atomic E-state index is 0.0973. The molecule has 5 N–H and O–H groups in total. The maximum atomic E-state index is 11.0. The largest absolute Gasteiger partial charge is 0.505 e. The van der Waals surface area contributed by atoms with E-state index in [9.17, 15) is 5.11 Å². The summed E-state index contributed by atoms with van der Waals surface area (Å²) in [7, 11) is 1.72. The first-order valence-corrected chi connectivity index (χ1v) is 10.7. The van der Waals surface area contributed by atoms with Crippen molar-refractivity contribution in [1.82, 2.24) is 15.0 Å². The molecule has 1 heterocycles. The molecule has 0 aliphatic rings. The van der Waals surface area contributed by atoms with Gasteiger partial charge in [0.05, 0.1) is 22.5 Å². The Morgan fingerprint density at radius 1 is 1.00 bits per heavy atom. The zero-order chi connectivity index (χ0) is 24.6. The summed E-state index contributed by atoms with van der Waals surface area (Å²) in [6.07, 6.45) is 0. The molecular formula is C22H21BClN9O. The van der Waals surface area contributed by atoms with Gasteiger partial charge in [0, 0.05) is 5.69 Å². The van der Waals surface area contributed by atoms with Crippen LogP contribution in [0.1, 0.15) is 16.7 Å². The number of benzene rings is 3. The lowest BCUT2D eigenvalue weighted by atomic mass is 9.99. The van der Waals surface area contributed by atoms with Gasteiger partial charge in [-0.25, -0.2) is 15.5 Å². The van der Waals surface area contributed by atoms with Gasteiger partial charge in [0.1, 0.15) is 11.4 Å². The summed E-state index contributed by atoms with van der Waals surface area (Å²) in [5.74, 6) is 0.206. The highest BCUT2D eigenvalue weighted by atomic mass is 35.5. The average Bonchev–Trinajstić information content (AvgIpc) is 2.74. The second kappa shape index (κ2) is 9.03. The Morgan fingerprint density at radius 3 is 2.38 bits per heavy atom. The van der Waals surface area contributed by atoms with Gasteiger partial charge in [-0.3, -0.25) is 0 Å². The Morgan fingerprint density at radius 2 is 1.71 bits per heavy atom. The summed E-state index contributed by atoms with van der Waals surface area (Å²) in [5.41, 5.74) is 18.6. The van der Waals surface area contributed by atoms with Crippen LogP contribution >= 0.6 is 11.6 Å². The fourth-order valence-electron chi connectivity index (χ4n) is 3.65. The van der Waals surface area contributed by atoms with Crippen LogP contribution in [0.5, 0.6) is 5.75 Å². The van der Waals surface area contributed by atoms with Crippen molar-refractivity contribution in [2.75, 3.05) is 11.1 Å². The van der Waals surface area contributed by atoms with Gasteiger partial charge in [0.15, 0.2) is 13.6 Å². The van der Waals surface area contributed by atoms with Crippen molar-refractivity contribution in [3.8, 4) is 5.75 Å². The number of aryl methyl sites for hydroxylation is 3. The molecule has 170 valence electrons. The number of hydrogen-bond donors (Lipinski definition) is 4. The first-order chi connectivity index (χ1) is 16.2. The van der Waals surface area contributed by atoms with Crippen LogP contribution in [0.4, 0.5) is 34.4 Å². The number of fused-ring (bicyclic) bond motifs is 1. The Kier molecular flexibility index (Phi) is 6.12. The van der Waals surface area contributed by atoms with Crippen molar-refractivity contribution in [1.29, 1.82) is 5.53 Å². The smallest absolute Gasteiger partial charge is 0.230 e. The second-order valence-electron chi connectivity index (χ2n) is 7.86. The predicted octanol–water partition coefficient (Wildman–Crippen LogP) is 4.97. The Bertz CT molecular complexity index is 1470. The van der Waals surface area contributed by atoms with Crippen LogP contribution in [-0.4, -0.2) is 27.9 Å². The van der Waals surface area contributed by atoms with E-state index in [0.29, 0.717) is 34.1 Å². The standard InChI is InChI=1S/C22H21BClN9O/c1-9-4-5-13(27-22-29-20(23)28-21(24)30-22)8-14(9)32-33-18-11(3)7-12-6-10(2)17(31-26)16(25)15(12)19(18)34/h4-8,26,34H,23,25H2,1-3H3,(H,27,28,29,30)/b31-26?,33-32+. The number of halogens is 1. The monoisotopic (exact) mass is 473 g/mol. The van der Waals surface area contributed by atoms with Crippen LogP contribution < -0.4 is 16.8 Å². The van der Waals surface area contributed by atoms with E-state index in [0.717, 1.165) is 22.1 Å². The number of hydrogen-bond acceptors (Lipinski definition) is 10. The summed E-state index contributed by atoms with van der Waals surface area (Å²) in [6.45, 7) is 5.55. The summed E-state index contributed by atoms with van der Waals surface area (Å²) >= 11 is 5.92. The maximum Gasteiger partial charge on any atom is 0.230 e. The molecule has 0 unspecified atom stereocenters. The van der Waals surface area contributed by atoms with E-state index < -0.39 is 0 Å². The molecule has 0 aliphatic heterocycles. The first-order valence-electron chi connectivity index (χ1n) is 10.3. The van der Waals surface area contributed by atoms with Crippen molar-refractivity contribution in [2.24, 2.45) is 15.3 Å². The van der Waals surface area contributed by atoms with E-state index in [1.807, 2.05) is 45.0 Å². The van der Waals surface area contributed by atoms with Crippen molar-refractivity contribution < 1.29 is 5.11 Å². The molecule has 0 aliphatic carbocycles. The molecule has 0 amide bonds. The molecule has 34 heavy (non-hydrogen) atoms. The van der Waals surface area contributed by atoms with Crippen LogP contribution in [0.15, 0.2) is 45.7 Å². The van der Waals surface area contributed by atoms with E-state index in [-0.39, 0.29) is 22.4 Å². The summed E-state index contributed by atoms with van der Waals surface area (Å²) in [4.78, 5) is 12.2. The lowest BCUT2D eigenvalue weighted by Gasteiger charge is -2.13. The molecule has 1 aromatic heterocycles. The van der Waals surface area contributed by atoms with Crippen LogP contribution in [0.25, 0.3) is 10.8 Å². The van der Waals surface area contributed by atoms with Crippen molar-refractivity contribution in [3.05, 3.63) is 52.3 Å². The van der Waals surface area contributed by atoms with Crippen molar-refractivity contribution in [3.63, 3.8) is 0 Å². The number of nitrogens with one attached hydrogen (secondary N) is 2. The number of azo groups is 1. The number of phenols is 1. The zero-order valence-electron chi connectivity index (χ0n) is 19.0. The summed E-state index contributed by atoms with van der Waals surface area (Å²) in [5, 5.41) is 27.5. The second-order valence-corrected chi connectivity index (χ2v) is 8.20. The van der Waals surface area contributed by atoms with E-state index in [1.165, 1.54) is 0 Å². The number of phenolic OH excluding ortho intramolecular Hbond substituents is 1. The van der Waals surface area contributed by atoms with Gasteiger partial charge in [0.25, 0.3) is 0 Å². The normalized spacial score (nSPS) is 11.3. The molecule has 0 saturated heterocycles. The highest BCUT2D eigenvalue weighted by Gasteiger charge is 2.17. The molecule has 12 heteroatoms. The van der Waals surface area contributed by atoms with E-state index in [4.69, 9.17) is 22.9 Å². The number of nitrogen functional groups attached to an aromatic ring is 1. The van der Waals surface area contributed by atoms with Crippen LogP contribution in [-0.2, 0) is 0 Å². The lowest BCUT2D eigenvalue weighted by Crippen LogP contribution is -2.16. The Hall–Kier alpha value is -4.12. The molecule has 3 aromatic carbocycles. The molecule has 0 spiro atoms. The maximum absolute atomic E-state index is 11.0. The van der Waals surface area contributed by atoms with E-state index in [2.05, 4.69) is 35.6 Å². The third-order valence-electron chi connectivity index (χ3n) is 5.32. The summed E-state index contributed by atoms with van der Waals surface area (Å²) in [6, 6.07) is 9.23. The fraction of sp³-hybridized carbons (Fsp3) is 0.136. The van der Waals surface area contributed by atoms with Crippen LogP contribution in [0.2, 0.25) is 5.28 Å². The highest BCUT2D eigenvalue weighted by Crippen LogP contribution is 2.45. The Labute approximate surface area is 201 Å². The molecule has 4 rings (SSSR count).